The van der Waals surface area contributed by atoms with Gasteiger partial charge in [0.2, 0.25) is 0 Å². The molecule has 3 rings (SSSR count). The van der Waals surface area contributed by atoms with Crippen LogP contribution in [-0.4, -0.2) is 0 Å². The lowest BCUT2D eigenvalue weighted by Gasteiger charge is -2.13. The third-order valence-electron chi connectivity index (χ3n) is 4.11. The van der Waals surface area contributed by atoms with Crippen LogP contribution in [0.3, 0.4) is 0 Å². The number of halogens is 2. The first-order chi connectivity index (χ1) is 12.0. The van der Waals surface area contributed by atoms with E-state index in [0.717, 1.165) is 38.9 Å². The molecule has 2 N–H and O–H groups in total. The van der Waals surface area contributed by atoms with Crippen LogP contribution in [-0.2, 0) is 6.42 Å². The van der Waals surface area contributed by atoms with Crippen molar-refractivity contribution in [3.63, 3.8) is 0 Å². The van der Waals surface area contributed by atoms with Crippen molar-refractivity contribution in [2.75, 3.05) is 5.73 Å². The van der Waals surface area contributed by atoms with Gasteiger partial charge in [-0.05, 0) is 66.4 Å². The Balaban J connectivity index is 2.04. The molecule has 3 aromatic carbocycles. The van der Waals surface area contributed by atoms with Gasteiger partial charge in [-0.1, -0.05) is 65.2 Å². The standard InChI is InChI=1S/C22H19Cl2N/c1-15-2-13-22(25)21(14-15)20(17-6-10-19(24)11-7-17)12-5-16-3-8-18(23)9-4-16/h2-4,6-14H,5,25H2,1H3/b20-12+. The molecule has 1 nitrogen and oxygen atoms in total. The fraction of sp³-hybridized carbons (Fsp3) is 0.0909. The Morgan fingerprint density at radius 3 is 2.12 bits per heavy atom. The highest BCUT2D eigenvalue weighted by molar-refractivity contribution is 6.30. The van der Waals surface area contributed by atoms with Crippen LogP contribution < -0.4 is 5.73 Å². The predicted octanol–water partition coefficient (Wildman–Crippen LogP) is 6.56. The van der Waals surface area contributed by atoms with E-state index in [1.54, 1.807) is 0 Å². The number of hydrogen-bond acceptors (Lipinski definition) is 1. The second-order valence-electron chi connectivity index (χ2n) is 6.05. The van der Waals surface area contributed by atoms with Gasteiger partial charge in [0.1, 0.15) is 0 Å². The van der Waals surface area contributed by atoms with Crippen LogP contribution in [0, 0.1) is 6.92 Å². The molecule has 0 aromatic heterocycles. The second kappa shape index (κ2) is 7.77. The quantitative estimate of drug-likeness (QED) is 0.519. The van der Waals surface area contributed by atoms with Crippen molar-refractivity contribution in [3.8, 4) is 0 Å². The van der Waals surface area contributed by atoms with Crippen molar-refractivity contribution >= 4 is 34.5 Å². The number of rotatable bonds is 4. The number of anilines is 1. The van der Waals surface area contributed by atoms with Crippen molar-refractivity contribution in [1.82, 2.24) is 0 Å². The molecule has 0 amide bonds. The van der Waals surface area contributed by atoms with Gasteiger partial charge in [-0.2, -0.15) is 0 Å². The third-order valence-corrected chi connectivity index (χ3v) is 4.61. The molecule has 0 spiro atoms. The summed E-state index contributed by atoms with van der Waals surface area (Å²) in [6, 6.07) is 21.9. The van der Waals surface area contributed by atoms with Crippen LogP contribution in [0.25, 0.3) is 5.57 Å². The number of nitrogens with two attached hydrogens (primary N) is 1. The van der Waals surface area contributed by atoms with Crippen LogP contribution >= 0.6 is 23.2 Å². The molecule has 0 heterocycles. The van der Waals surface area contributed by atoms with Gasteiger partial charge in [-0.3, -0.25) is 0 Å². The summed E-state index contributed by atoms with van der Waals surface area (Å²) in [7, 11) is 0. The zero-order valence-corrected chi connectivity index (χ0v) is 15.5. The minimum atomic E-state index is 0.720. The first-order valence-electron chi connectivity index (χ1n) is 8.10. The van der Waals surface area contributed by atoms with E-state index in [4.69, 9.17) is 28.9 Å². The van der Waals surface area contributed by atoms with Crippen LogP contribution in [0.4, 0.5) is 5.69 Å². The Kier molecular flexibility index (Phi) is 5.47. The van der Waals surface area contributed by atoms with Crippen molar-refractivity contribution in [2.45, 2.75) is 13.3 Å². The molecule has 0 fully saturated rings. The molecule has 25 heavy (non-hydrogen) atoms. The van der Waals surface area contributed by atoms with E-state index in [1.165, 1.54) is 11.1 Å². The van der Waals surface area contributed by atoms with E-state index in [2.05, 4.69) is 19.1 Å². The van der Waals surface area contributed by atoms with Gasteiger partial charge in [0.15, 0.2) is 0 Å². The van der Waals surface area contributed by atoms with Crippen LogP contribution in [0.2, 0.25) is 10.0 Å². The molecule has 0 bridgehead atoms. The van der Waals surface area contributed by atoms with E-state index in [1.807, 2.05) is 60.7 Å². The molecule has 0 aliphatic carbocycles. The predicted molar refractivity (Wildman–Crippen MR) is 109 cm³/mol. The Morgan fingerprint density at radius 2 is 1.48 bits per heavy atom. The van der Waals surface area contributed by atoms with Crippen molar-refractivity contribution in [1.29, 1.82) is 0 Å². The van der Waals surface area contributed by atoms with E-state index >= 15 is 0 Å². The van der Waals surface area contributed by atoms with Crippen LogP contribution in [0.5, 0.6) is 0 Å². The maximum absolute atomic E-state index is 6.26. The smallest absolute Gasteiger partial charge is 0.0406 e. The topological polar surface area (TPSA) is 26.0 Å². The summed E-state index contributed by atoms with van der Waals surface area (Å²) < 4.78 is 0. The van der Waals surface area contributed by atoms with E-state index in [-0.39, 0.29) is 0 Å². The highest BCUT2D eigenvalue weighted by Gasteiger charge is 2.09. The highest BCUT2D eigenvalue weighted by Crippen LogP contribution is 2.30. The molecule has 0 atom stereocenters. The zero-order chi connectivity index (χ0) is 17.8. The molecular weight excluding hydrogens is 349 g/mol. The summed E-state index contributed by atoms with van der Waals surface area (Å²) in [5.74, 6) is 0. The van der Waals surface area contributed by atoms with Gasteiger partial charge in [0, 0.05) is 21.3 Å². The fourth-order valence-electron chi connectivity index (χ4n) is 2.76. The summed E-state index contributed by atoms with van der Waals surface area (Å²) in [4.78, 5) is 0. The zero-order valence-electron chi connectivity index (χ0n) is 14.0. The second-order valence-corrected chi connectivity index (χ2v) is 6.92. The first-order valence-corrected chi connectivity index (χ1v) is 8.85. The maximum Gasteiger partial charge on any atom is 0.0406 e. The number of hydrogen-bond donors (Lipinski definition) is 1. The van der Waals surface area contributed by atoms with E-state index in [0.29, 0.717) is 0 Å². The monoisotopic (exact) mass is 367 g/mol. The number of benzene rings is 3. The molecule has 0 aliphatic heterocycles. The Labute approximate surface area is 158 Å². The summed E-state index contributed by atoms with van der Waals surface area (Å²) in [6.45, 7) is 2.07. The number of allylic oxidation sites excluding steroid dienone is 1. The molecule has 3 aromatic rings. The van der Waals surface area contributed by atoms with Crippen molar-refractivity contribution < 1.29 is 0 Å². The minimum absolute atomic E-state index is 0.720. The van der Waals surface area contributed by atoms with Gasteiger partial charge in [0.05, 0.1) is 0 Å². The van der Waals surface area contributed by atoms with Gasteiger partial charge in [0.25, 0.3) is 0 Å². The molecular formula is C22H19Cl2N. The lowest BCUT2D eigenvalue weighted by Crippen LogP contribution is -1.97. The minimum Gasteiger partial charge on any atom is -0.398 e. The van der Waals surface area contributed by atoms with Gasteiger partial charge < -0.3 is 5.73 Å². The highest BCUT2D eigenvalue weighted by atomic mass is 35.5. The third kappa shape index (κ3) is 4.45. The summed E-state index contributed by atoms with van der Waals surface area (Å²) in [5.41, 5.74) is 12.6. The molecule has 126 valence electrons. The summed E-state index contributed by atoms with van der Waals surface area (Å²) >= 11 is 12.0. The molecule has 3 heteroatoms. The summed E-state index contributed by atoms with van der Waals surface area (Å²) in [5, 5.41) is 1.46. The largest absolute Gasteiger partial charge is 0.398 e. The molecule has 0 saturated heterocycles. The Bertz CT molecular complexity index is 894. The Morgan fingerprint density at radius 1 is 0.880 bits per heavy atom. The van der Waals surface area contributed by atoms with Crippen molar-refractivity contribution in [2.24, 2.45) is 0 Å². The van der Waals surface area contributed by atoms with Crippen LogP contribution in [0.15, 0.2) is 72.8 Å². The normalized spacial score (nSPS) is 11.6. The molecule has 0 unspecified atom stereocenters. The van der Waals surface area contributed by atoms with Gasteiger partial charge in [-0.25, -0.2) is 0 Å². The van der Waals surface area contributed by atoms with E-state index < -0.39 is 0 Å². The average Bonchev–Trinajstić information content (AvgIpc) is 2.61. The number of nitrogen functional groups attached to an aromatic ring is 1. The molecule has 0 saturated carbocycles. The van der Waals surface area contributed by atoms with Gasteiger partial charge >= 0.3 is 0 Å². The summed E-state index contributed by atoms with van der Waals surface area (Å²) in [6.07, 6.45) is 3.00. The van der Waals surface area contributed by atoms with Crippen molar-refractivity contribution in [3.05, 3.63) is 105 Å². The fourth-order valence-corrected chi connectivity index (χ4v) is 3.01. The van der Waals surface area contributed by atoms with Crippen LogP contribution in [0.1, 0.15) is 22.3 Å². The molecule has 0 aliphatic rings. The maximum atomic E-state index is 6.26. The Hall–Kier alpha value is -2.22. The SMILES string of the molecule is Cc1ccc(N)c(/C(=C/Cc2ccc(Cl)cc2)c2ccc(Cl)cc2)c1. The van der Waals surface area contributed by atoms with Gasteiger partial charge in [-0.15, -0.1) is 0 Å². The number of aryl methyl sites for hydroxylation is 1. The molecule has 0 radical (unpaired) electrons. The lowest BCUT2D eigenvalue weighted by molar-refractivity contribution is 1.27. The first kappa shape index (κ1) is 17.6. The van der Waals surface area contributed by atoms with E-state index in [9.17, 15) is 0 Å². The average molecular weight is 368 g/mol. The lowest BCUT2D eigenvalue weighted by atomic mass is 9.93.